The minimum absolute atomic E-state index is 0.0136. The van der Waals surface area contributed by atoms with Crippen LogP contribution in [0.25, 0.3) is 0 Å². The van der Waals surface area contributed by atoms with Crippen LogP contribution in [0.2, 0.25) is 0 Å². The number of nitrogens with one attached hydrogen (secondary N) is 3. The molecule has 2 aliphatic carbocycles. The molecule has 166 valence electrons. The molecule has 2 heterocycles. The third kappa shape index (κ3) is 3.91. The number of hydrogen-bond acceptors (Lipinski definition) is 3. The summed E-state index contributed by atoms with van der Waals surface area (Å²) in [5.41, 5.74) is 0. The van der Waals surface area contributed by atoms with Crippen molar-refractivity contribution >= 4 is 5.91 Å². The van der Waals surface area contributed by atoms with Crippen LogP contribution in [0.5, 0.6) is 0 Å². The van der Waals surface area contributed by atoms with E-state index >= 15 is 4.39 Å². The van der Waals surface area contributed by atoms with Crippen molar-refractivity contribution in [3.63, 3.8) is 0 Å². The molecule has 0 aromatic carbocycles. The zero-order chi connectivity index (χ0) is 20.9. The van der Waals surface area contributed by atoms with Gasteiger partial charge in [-0.1, -0.05) is 6.42 Å². The number of rotatable bonds is 3. The van der Waals surface area contributed by atoms with Crippen LogP contribution in [0.4, 0.5) is 17.6 Å². The van der Waals surface area contributed by atoms with Crippen molar-refractivity contribution in [3.05, 3.63) is 0 Å². The quantitative estimate of drug-likeness (QED) is 0.617. The summed E-state index contributed by atoms with van der Waals surface area (Å²) in [4.78, 5) is 12.6. The lowest BCUT2D eigenvalue weighted by molar-refractivity contribution is -0.131. The molecule has 4 fully saturated rings. The van der Waals surface area contributed by atoms with Crippen LogP contribution >= 0.6 is 0 Å². The van der Waals surface area contributed by atoms with E-state index < -0.39 is 30.7 Å². The zero-order valence-corrected chi connectivity index (χ0v) is 17.1. The highest BCUT2D eigenvalue weighted by Crippen LogP contribution is 2.45. The molecule has 0 aromatic heterocycles. The van der Waals surface area contributed by atoms with Gasteiger partial charge in [-0.3, -0.25) is 4.79 Å². The molecule has 11 unspecified atom stereocenters. The van der Waals surface area contributed by atoms with Crippen molar-refractivity contribution in [3.8, 4) is 0 Å². The van der Waals surface area contributed by atoms with Gasteiger partial charge in [-0.2, -0.15) is 0 Å². The topological polar surface area (TPSA) is 53.2 Å². The predicted octanol–water partition coefficient (Wildman–Crippen LogP) is 2.62. The van der Waals surface area contributed by atoms with E-state index in [2.05, 4.69) is 16.0 Å². The fraction of sp³-hybridized carbons (Fsp3) is 0.952. The van der Waals surface area contributed by atoms with Crippen molar-refractivity contribution < 1.29 is 22.4 Å². The SMILES string of the molecule is CC(C)NC(=O)C1CCCC2NC(C3CNC4C(F)C(F)C(F)CC34)CC(F)C21. The van der Waals surface area contributed by atoms with Gasteiger partial charge in [0.05, 0.1) is 0 Å². The van der Waals surface area contributed by atoms with E-state index in [0.29, 0.717) is 13.0 Å². The summed E-state index contributed by atoms with van der Waals surface area (Å²) < 4.78 is 57.4. The number of hydrogen-bond donors (Lipinski definition) is 3. The number of piperidine rings is 1. The highest BCUT2D eigenvalue weighted by atomic mass is 19.2. The summed E-state index contributed by atoms with van der Waals surface area (Å²) in [6, 6.07) is -1.01. The Balaban J connectivity index is 1.46. The van der Waals surface area contributed by atoms with Crippen LogP contribution in [0.3, 0.4) is 0 Å². The first-order valence-electron chi connectivity index (χ1n) is 11.1. The van der Waals surface area contributed by atoms with E-state index in [1.54, 1.807) is 0 Å². The lowest BCUT2D eigenvalue weighted by atomic mass is 9.66. The first-order chi connectivity index (χ1) is 13.8. The monoisotopic (exact) mass is 419 g/mol. The minimum atomic E-state index is -2.08. The molecular formula is C21H33F4N3O. The van der Waals surface area contributed by atoms with Crippen LogP contribution < -0.4 is 16.0 Å². The zero-order valence-electron chi connectivity index (χ0n) is 17.1. The Morgan fingerprint density at radius 3 is 2.45 bits per heavy atom. The molecule has 4 aliphatic rings. The third-order valence-electron chi connectivity index (χ3n) is 7.66. The van der Waals surface area contributed by atoms with Gasteiger partial charge in [-0.15, -0.1) is 0 Å². The van der Waals surface area contributed by atoms with Gasteiger partial charge in [0.1, 0.15) is 18.5 Å². The number of fused-ring (bicyclic) bond motifs is 2. The van der Waals surface area contributed by atoms with Crippen LogP contribution in [0.15, 0.2) is 0 Å². The van der Waals surface area contributed by atoms with Crippen molar-refractivity contribution in [1.82, 2.24) is 16.0 Å². The smallest absolute Gasteiger partial charge is 0.223 e. The molecule has 2 saturated carbocycles. The third-order valence-corrected chi connectivity index (χ3v) is 7.66. The van der Waals surface area contributed by atoms with Crippen LogP contribution in [0.1, 0.15) is 46.0 Å². The number of halogens is 4. The Kier molecular flexibility index (Phi) is 6.13. The largest absolute Gasteiger partial charge is 0.354 e. The van der Waals surface area contributed by atoms with E-state index in [4.69, 9.17) is 0 Å². The summed E-state index contributed by atoms with van der Waals surface area (Å²) >= 11 is 0. The standard InChI is InChI=1S/C21H33F4N3O/c1-9(2)27-21(29)10-4-3-5-15-17(10)13(22)7-16(28-15)12-8-26-20-11(12)6-14(23)18(24)19(20)25/h9-20,26,28H,3-8H2,1-2H3,(H,27,29). The number of amides is 1. The summed E-state index contributed by atoms with van der Waals surface area (Å²) in [7, 11) is 0. The van der Waals surface area contributed by atoms with Crippen molar-refractivity contribution in [2.24, 2.45) is 23.7 Å². The van der Waals surface area contributed by atoms with Gasteiger partial charge in [0.25, 0.3) is 0 Å². The van der Waals surface area contributed by atoms with Crippen LogP contribution in [-0.2, 0) is 4.79 Å². The first kappa shape index (κ1) is 21.3. The average Bonchev–Trinajstić information content (AvgIpc) is 3.08. The summed E-state index contributed by atoms with van der Waals surface area (Å²) in [5.74, 6) is -1.26. The minimum Gasteiger partial charge on any atom is -0.354 e. The molecule has 11 atom stereocenters. The molecule has 8 heteroatoms. The Labute approximate surface area is 169 Å². The van der Waals surface area contributed by atoms with Gasteiger partial charge >= 0.3 is 0 Å². The first-order valence-corrected chi connectivity index (χ1v) is 11.1. The molecule has 2 saturated heterocycles. The fourth-order valence-corrected chi connectivity index (χ4v) is 6.40. The lowest BCUT2D eigenvalue weighted by Crippen LogP contribution is -2.61. The fourth-order valence-electron chi connectivity index (χ4n) is 6.40. The summed E-state index contributed by atoms with van der Waals surface area (Å²) in [5, 5.41) is 9.50. The Bertz CT molecular complexity index is 608. The molecule has 1 amide bonds. The summed E-state index contributed by atoms with van der Waals surface area (Å²) in [6.07, 6.45) is -4.33. The van der Waals surface area contributed by atoms with Gasteiger partial charge in [0, 0.05) is 42.5 Å². The second-order valence-corrected chi connectivity index (χ2v) is 9.81. The number of carbonyl (C=O) groups is 1. The maximum absolute atomic E-state index is 15.4. The average molecular weight is 420 g/mol. The van der Waals surface area contributed by atoms with Gasteiger partial charge < -0.3 is 16.0 Å². The molecule has 29 heavy (non-hydrogen) atoms. The van der Waals surface area contributed by atoms with E-state index in [9.17, 15) is 18.0 Å². The van der Waals surface area contributed by atoms with Crippen molar-refractivity contribution in [2.75, 3.05) is 6.54 Å². The van der Waals surface area contributed by atoms with Crippen molar-refractivity contribution in [2.45, 2.75) is 94.8 Å². The maximum atomic E-state index is 15.4. The van der Waals surface area contributed by atoms with Gasteiger partial charge in [-0.05, 0) is 51.4 Å². The van der Waals surface area contributed by atoms with Gasteiger partial charge in [0.2, 0.25) is 5.91 Å². The highest BCUT2D eigenvalue weighted by Gasteiger charge is 2.55. The highest BCUT2D eigenvalue weighted by molar-refractivity contribution is 5.79. The second kappa shape index (κ2) is 8.33. The summed E-state index contributed by atoms with van der Waals surface area (Å²) in [6.45, 7) is 4.23. The number of carbonyl (C=O) groups excluding carboxylic acids is 1. The predicted molar refractivity (Wildman–Crippen MR) is 102 cm³/mol. The Morgan fingerprint density at radius 1 is 0.966 bits per heavy atom. The second-order valence-electron chi connectivity index (χ2n) is 9.81. The van der Waals surface area contributed by atoms with E-state index in [1.807, 2.05) is 13.8 Å². The molecule has 0 radical (unpaired) electrons. The Morgan fingerprint density at radius 2 is 1.72 bits per heavy atom. The van der Waals surface area contributed by atoms with Crippen LogP contribution in [0, 0.1) is 23.7 Å². The van der Waals surface area contributed by atoms with Gasteiger partial charge in [0.15, 0.2) is 6.17 Å². The normalized spacial score (nSPS) is 50.1. The molecular weight excluding hydrogens is 386 g/mol. The molecule has 3 N–H and O–H groups in total. The van der Waals surface area contributed by atoms with Crippen LogP contribution in [-0.4, -0.2) is 61.3 Å². The molecule has 0 aromatic rings. The van der Waals surface area contributed by atoms with E-state index in [1.165, 1.54) is 0 Å². The maximum Gasteiger partial charge on any atom is 0.223 e. The lowest BCUT2D eigenvalue weighted by Gasteiger charge is -2.48. The number of alkyl halides is 4. The molecule has 2 aliphatic heterocycles. The molecule has 0 bridgehead atoms. The van der Waals surface area contributed by atoms with Gasteiger partial charge in [-0.25, -0.2) is 17.6 Å². The molecule has 0 spiro atoms. The molecule has 4 rings (SSSR count). The van der Waals surface area contributed by atoms with E-state index in [-0.39, 0.29) is 60.5 Å². The molecule has 4 nitrogen and oxygen atoms in total. The van der Waals surface area contributed by atoms with E-state index in [0.717, 1.165) is 12.8 Å². The Hall–Kier alpha value is -0.890. The van der Waals surface area contributed by atoms with Crippen molar-refractivity contribution in [1.29, 1.82) is 0 Å².